The van der Waals surface area contributed by atoms with Gasteiger partial charge in [-0.25, -0.2) is 0 Å². The molecule has 0 atom stereocenters. The number of hydrogen-bond acceptors (Lipinski definition) is 10. The molecule has 4 rings (SSSR count). The molecule has 0 saturated heterocycles. The maximum atomic E-state index is 12.2. The largest absolute Gasteiger partial charge is 0.410 e. The zero-order valence-electron chi connectivity index (χ0n) is 13.8. The third kappa shape index (κ3) is 2.28. The SMILES string of the molecule is O=Nc1cc2c(cc1N=O)c1cc(=O)c(=NO)cc1c1cc(=NO)c(=O)cc21. The van der Waals surface area contributed by atoms with Gasteiger partial charge >= 0.3 is 0 Å². The predicted octanol–water partition coefficient (Wildman–Crippen LogP) is 2.12. The van der Waals surface area contributed by atoms with Crippen molar-refractivity contribution in [2.45, 2.75) is 0 Å². The average molecular weight is 376 g/mol. The molecule has 0 aliphatic carbocycles. The summed E-state index contributed by atoms with van der Waals surface area (Å²) in [6, 6.07) is 7.62. The lowest BCUT2D eigenvalue weighted by molar-refractivity contribution is 0.301. The van der Waals surface area contributed by atoms with E-state index in [0.29, 0.717) is 32.3 Å². The quantitative estimate of drug-likeness (QED) is 0.236. The summed E-state index contributed by atoms with van der Waals surface area (Å²) in [5.74, 6) is 0. The maximum Gasteiger partial charge on any atom is 0.208 e. The van der Waals surface area contributed by atoms with E-state index in [0.717, 1.165) is 0 Å². The minimum Gasteiger partial charge on any atom is -0.410 e. The molecular formula is C18H8N4O6. The van der Waals surface area contributed by atoms with Gasteiger partial charge in [-0.05, 0) is 79.1 Å². The Hall–Kier alpha value is -4.34. The van der Waals surface area contributed by atoms with Crippen LogP contribution in [0.4, 0.5) is 11.4 Å². The van der Waals surface area contributed by atoms with Crippen molar-refractivity contribution in [1.82, 2.24) is 0 Å². The molecule has 2 N–H and O–H groups in total. The lowest BCUT2D eigenvalue weighted by Crippen LogP contribution is -2.24. The first-order chi connectivity index (χ1) is 13.5. The van der Waals surface area contributed by atoms with Gasteiger partial charge in [-0.15, -0.1) is 9.81 Å². The van der Waals surface area contributed by atoms with Gasteiger partial charge in [-0.3, -0.25) is 9.59 Å². The fourth-order valence-electron chi connectivity index (χ4n) is 3.35. The second kappa shape index (κ2) is 6.13. The zero-order valence-corrected chi connectivity index (χ0v) is 13.8. The van der Waals surface area contributed by atoms with E-state index in [1.54, 1.807) is 0 Å². The molecule has 10 nitrogen and oxygen atoms in total. The summed E-state index contributed by atoms with van der Waals surface area (Å²) in [6.45, 7) is 0. The van der Waals surface area contributed by atoms with Crippen molar-refractivity contribution >= 4 is 43.7 Å². The Kier molecular flexibility index (Phi) is 3.74. The average Bonchev–Trinajstić information content (AvgIpc) is 2.72. The van der Waals surface area contributed by atoms with Crippen molar-refractivity contribution in [3.05, 3.63) is 77.4 Å². The van der Waals surface area contributed by atoms with Crippen LogP contribution in [0.25, 0.3) is 32.3 Å². The summed E-state index contributed by atoms with van der Waals surface area (Å²) >= 11 is 0. The highest BCUT2D eigenvalue weighted by Crippen LogP contribution is 2.39. The molecule has 0 unspecified atom stereocenters. The lowest BCUT2D eigenvalue weighted by Gasteiger charge is -2.10. The molecule has 0 saturated carbocycles. The summed E-state index contributed by atoms with van der Waals surface area (Å²) in [7, 11) is 0. The summed E-state index contributed by atoms with van der Waals surface area (Å²) in [5.41, 5.74) is -1.62. The fraction of sp³-hybridized carbons (Fsp3) is 0. The van der Waals surface area contributed by atoms with Crippen molar-refractivity contribution in [1.29, 1.82) is 0 Å². The van der Waals surface area contributed by atoms with Gasteiger partial charge in [0.25, 0.3) is 0 Å². The molecule has 0 radical (unpaired) electrons. The van der Waals surface area contributed by atoms with E-state index in [1.807, 2.05) is 0 Å². The topological polar surface area (TPSA) is 158 Å². The lowest BCUT2D eigenvalue weighted by atomic mass is 9.93. The zero-order chi connectivity index (χ0) is 20.0. The van der Waals surface area contributed by atoms with Crippen LogP contribution in [0.3, 0.4) is 0 Å². The highest BCUT2D eigenvalue weighted by Gasteiger charge is 2.15. The molecular weight excluding hydrogens is 368 g/mol. The molecule has 0 aliphatic rings. The van der Waals surface area contributed by atoms with Crippen LogP contribution < -0.4 is 21.6 Å². The number of hydrogen-bond donors (Lipinski definition) is 2. The minimum atomic E-state index is -0.582. The molecule has 4 aromatic rings. The van der Waals surface area contributed by atoms with Gasteiger partial charge in [-0.2, -0.15) is 0 Å². The Morgan fingerprint density at radius 3 is 1.18 bits per heavy atom. The minimum absolute atomic E-state index is 0.226. The summed E-state index contributed by atoms with van der Waals surface area (Å²) in [4.78, 5) is 46.5. The Bertz CT molecular complexity index is 1450. The van der Waals surface area contributed by atoms with Crippen molar-refractivity contribution in [3.8, 4) is 0 Å². The monoisotopic (exact) mass is 376 g/mol. The maximum absolute atomic E-state index is 12.2. The summed E-state index contributed by atoms with van der Waals surface area (Å²) in [6.07, 6.45) is 0. The van der Waals surface area contributed by atoms with Crippen molar-refractivity contribution in [2.75, 3.05) is 0 Å². The molecule has 0 spiro atoms. The van der Waals surface area contributed by atoms with Crippen LogP contribution in [-0.2, 0) is 0 Å². The van der Waals surface area contributed by atoms with E-state index in [4.69, 9.17) is 10.4 Å². The molecule has 0 fully saturated rings. The number of nitrogens with zero attached hydrogens (tertiary/aromatic N) is 4. The molecule has 0 bridgehead atoms. The van der Waals surface area contributed by atoms with Gasteiger partial charge in [0.2, 0.25) is 10.9 Å². The van der Waals surface area contributed by atoms with Crippen LogP contribution in [0.2, 0.25) is 0 Å². The van der Waals surface area contributed by atoms with Crippen molar-refractivity contribution < 1.29 is 10.4 Å². The van der Waals surface area contributed by atoms with Crippen LogP contribution in [0, 0.1) is 9.81 Å². The highest BCUT2D eigenvalue weighted by atomic mass is 16.4. The second-order valence-electron chi connectivity index (χ2n) is 6.00. The van der Waals surface area contributed by atoms with Crippen molar-refractivity contribution in [3.63, 3.8) is 0 Å². The third-order valence-corrected chi connectivity index (χ3v) is 4.60. The van der Waals surface area contributed by atoms with E-state index in [1.165, 1.54) is 36.4 Å². The van der Waals surface area contributed by atoms with E-state index < -0.39 is 10.9 Å². The number of rotatable bonds is 2. The molecule has 0 aromatic heterocycles. The molecule has 10 heteroatoms. The van der Waals surface area contributed by atoms with Crippen LogP contribution >= 0.6 is 0 Å². The van der Waals surface area contributed by atoms with Crippen molar-refractivity contribution in [2.24, 2.45) is 20.7 Å². The Morgan fingerprint density at radius 2 is 0.857 bits per heavy atom. The van der Waals surface area contributed by atoms with E-state index in [2.05, 4.69) is 20.7 Å². The van der Waals surface area contributed by atoms with E-state index >= 15 is 0 Å². The van der Waals surface area contributed by atoms with Gasteiger partial charge in [-0.1, -0.05) is 10.3 Å². The number of fused-ring (bicyclic) bond motifs is 6. The smallest absolute Gasteiger partial charge is 0.208 e. The van der Waals surface area contributed by atoms with E-state index in [-0.39, 0.29) is 22.1 Å². The van der Waals surface area contributed by atoms with Gasteiger partial charge in [0, 0.05) is 0 Å². The summed E-state index contributed by atoms with van der Waals surface area (Å²) < 4.78 is 0. The normalized spacial score (nSPS) is 12.9. The van der Waals surface area contributed by atoms with Gasteiger partial charge in [0.15, 0.2) is 10.7 Å². The first-order valence-corrected chi connectivity index (χ1v) is 7.78. The molecule has 0 amide bonds. The summed E-state index contributed by atoms with van der Waals surface area (Å²) in [5, 5.41) is 31.5. The van der Waals surface area contributed by atoms with Gasteiger partial charge < -0.3 is 10.4 Å². The highest BCUT2D eigenvalue weighted by molar-refractivity contribution is 6.26. The first-order valence-electron chi connectivity index (χ1n) is 7.78. The molecule has 0 heterocycles. The Labute approximate surface area is 152 Å². The Balaban J connectivity index is 2.46. The van der Waals surface area contributed by atoms with Gasteiger partial charge in [0.1, 0.15) is 11.4 Å². The van der Waals surface area contributed by atoms with E-state index in [9.17, 15) is 19.4 Å². The first kappa shape index (κ1) is 17.1. The van der Waals surface area contributed by atoms with Crippen LogP contribution in [-0.4, -0.2) is 10.4 Å². The van der Waals surface area contributed by atoms with Crippen LogP contribution in [0.5, 0.6) is 0 Å². The molecule has 4 aromatic carbocycles. The van der Waals surface area contributed by atoms with Crippen LogP contribution in [0.15, 0.2) is 66.7 Å². The second-order valence-corrected chi connectivity index (χ2v) is 6.00. The molecule has 136 valence electrons. The fourth-order valence-corrected chi connectivity index (χ4v) is 3.35. The third-order valence-electron chi connectivity index (χ3n) is 4.60. The molecule has 0 aliphatic heterocycles. The number of benzene rings is 4. The Morgan fingerprint density at radius 1 is 0.536 bits per heavy atom. The standard InChI is InChI=1S/C18H8N4O6/c23-17-5-11-7-1-13(19-25)14(20-26)2-8(7)12-6-18(24)16(22-28)4-10(12)9(11)3-15(17)21-27/h1-6,27-28H. The van der Waals surface area contributed by atoms with Crippen LogP contribution in [0.1, 0.15) is 0 Å². The molecule has 28 heavy (non-hydrogen) atoms. The predicted molar refractivity (Wildman–Crippen MR) is 99.5 cm³/mol. The van der Waals surface area contributed by atoms with Gasteiger partial charge in [0.05, 0.1) is 0 Å². The number of nitroso groups, excluding NO2 is 2.